The summed E-state index contributed by atoms with van der Waals surface area (Å²) in [4.78, 5) is 24.2. The van der Waals surface area contributed by atoms with Gasteiger partial charge in [-0.1, -0.05) is 12.1 Å². The number of carbonyl (C=O) groups is 2. The first-order chi connectivity index (χ1) is 11.5. The highest BCUT2D eigenvalue weighted by molar-refractivity contribution is 6.05. The molecule has 24 heavy (non-hydrogen) atoms. The number of amides is 2. The average molecular weight is 328 g/mol. The molecule has 4 rings (SSSR count). The molecule has 2 amide bonds. The highest BCUT2D eigenvalue weighted by Gasteiger charge is 2.55. The molecule has 1 saturated heterocycles. The van der Waals surface area contributed by atoms with Crippen LogP contribution < -0.4 is 10.6 Å². The Labute approximate surface area is 139 Å². The monoisotopic (exact) mass is 328 g/mol. The van der Waals surface area contributed by atoms with Gasteiger partial charge in [0.05, 0.1) is 23.8 Å². The van der Waals surface area contributed by atoms with Crippen molar-refractivity contribution in [3.8, 4) is 0 Å². The van der Waals surface area contributed by atoms with Crippen molar-refractivity contribution in [3.05, 3.63) is 35.6 Å². The van der Waals surface area contributed by atoms with Crippen LogP contribution in [0.25, 0.3) is 11.0 Å². The lowest BCUT2D eigenvalue weighted by atomic mass is 9.71. The second-order valence-corrected chi connectivity index (χ2v) is 6.59. The van der Waals surface area contributed by atoms with Gasteiger partial charge in [0.25, 0.3) is 5.91 Å². The molecule has 2 fully saturated rings. The number of nitrogens with one attached hydrogen (secondary N) is 2. The number of carbonyl (C=O) groups excluding carboxylic acids is 2. The van der Waals surface area contributed by atoms with Crippen LogP contribution in [0.2, 0.25) is 0 Å². The average Bonchev–Trinajstić information content (AvgIpc) is 3.12. The fourth-order valence-electron chi connectivity index (χ4n) is 3.91. The van der Waals surface area contributed by atoms with E-state index in [0.717, 1.165) is 17.6 Å². The van der Waals surface area contributed by atoms with Crippen LogP contribution in [-0.2, 0) is 9.53 Å². The van der Waals surface area contributed by atoms with Gasteiger partial charge in [-0.05, 0) is 25.5 Å². The number of furan rings is 1. The summed E-state index contributed by atoms with van der Waals surface area (Å²) in [5, 5.41) is 6.88. The maximum atomic E-state index is 12.8. The van der Waals surface area contributed by atoms with Crippen LogP contribution in [0.3, 0.4) is 0 Å². The van der Waals surface area contributed by atoms with Crippen LogP contribution in [0.5, 0.6) is 0 Å². The number of hydrogen-bond acceptors (Lipinski definition) is 4. The largest absolute Gasteiger partial charge is 0.461 e. The molecule has 2 aliphatic rings. The Bertz CT molecular complexity index is 812. The predicted octanol–water partition coefficient (Wildman–Crippen LogP) is 1.76. The van der Waals surface area contributed by atoms with Crippen LogP contribution in [0, 0.1) is 12.8 Å². The van der Waals surface area contributed by atoms with E-state index < -0.39 is 0 Å². The van der Waals surface area contributed by atoms with E-state index in [1.807, 2.05) is 25.1 Å². The third-order valence-electron chi connectivity index (χ3n) is 4.97. The lowest BCUT2D eigenvalue weighted by molar-refractivity contribution is -0.123. The lowest BCUT2D eigenvalue weighted by Crippen LogP contribution is -2.70. The van der Waals surface area contributed by atoms with Gasteiger partial charge in [0.2, 0.25) is 5.91 Å². The fraction of sp³-hybridized carbons (Fsp3) is 0.444. The Morgan fingerprint density at radius 2 is 2.04 bits per heavy atom. The van der Waals surface area contributed by atoms with E-state index in [2.05, 4.69) is 10.6 Å². The molecule has 0 radical (unpaired) electrons. The molecule has 2 N–H and O–H groups in total. The third kappa shape index (κ3) is 2.38. The van der Waals surface area contributed by atoms with Gasteiger partial charge in [-0.25, -0.2) is 0 Å². The summed E-state index contributed by atoms with van der Waals surface area (Å²) in [5.74, 6) is 0.732. The summed E-state index contributed by atoms with van der Waals surface area (Å²) in [6, 6.07) is 7.16. The fourth-order valence-corrected chi connectivity index (χ4v) is 3.91. The first kappa shape index (κ1) is 15.2. The molecular weight excluding hydrogens is 308 g/mol. The van der Waals surface area contributed by atoms with E-state index in [-0.39, 0.29) is 35.9 Å². The predicted molar refractivity (Wildman–Crippen MR) is 87.7 cm³/mol. The molecule has 1 aliphatic heterocycles. The summed E-state index contributed by atoms with van der Waals surface area (Å²) >= 11 is 0. The molecule has 4 atom stereocenters. The minimum Gasteiger partial charge on any atom is -0.461 e. The van der Waals surface area contributed by atoms with Gasteiger partial charge >= 0.3 is 0 Å². The molecule has 2 heterocycles. The van der Waals surface area contributed by atoms with Gasteiger partial charge in [-0.3, -0.25) is 9.59 Å². The summed E-state index contributed by atoms with van der Waals surface area (Å²) in [6.07, 6.45) is 0.899. The molecule has 0 spiro atoms. The van der Waals surface area contributed by atoms with Crippen LogP contribution in [0.1, 0.15) is 29.5 Å². The molecule has 1 aromatic heterocycles. The van der Waals surface area contributed by atoms with Gasteiger partial charge in [0, 0.05) is 24.8 Å². The maximum Gasteiger partial charge on any atom is 0.255 e. The van der Waals surface area contributed by atoms with E-state index in [1.54, 1.807) is 6.07 Å². The zero-order chi connectivity index (χ0) is 16.8. The molecule has 6 heteroatoms. The SMILES string of the molecule is CC(=O)N[C@@H]1[C@@H](NC(=O)c2cccc3cc(C)oc23)[C@H]2CCO[C@H]21. The van der Waals surface area contributed by atoms with Crippen molar-refractivity contribution in [2.24, 2.45) is 5.92 Å². The summed E-state index contributed by atoms with van der Waals surface area (Å²) in [5.41, 5.74) is 1.12. The Morgan fingerprint density at radius 3 is 2.83 bits per heavy atom. The van der Waals surface area contributed by atoms with E-state index in [1.165, 1.54) is 6.92 Å². The zero-order valence-corrected chi connectivity index (χ0v) is 13.7. The Balaban J connectivity index is 1.57. The highest BCUT2D eigenvalue weighted by atomic mass is 16.5. The lowest BCUT2D eigenvalue weighted by Gasteiger charge is -2.47. The molecule has 0 unspecified atom stereocenters. The Kier molecular flexibility index (Phi) is 3.57. The van der Waals surface area contributed by atoms with Gasteiger partial charge in [-0.15, -0.1) is 0 Å². The van der Waals surface area contributed by atoms with Crippen LogP contribution in [0.4, 0.5) is 0 Å². The molecule has 6 nitrogen and oxygen atoms in total. The first-order valence-electron chi connectivity index (χ1n) is 8.23. The molecule has 1 aromatic carbocycles. The van der Waals surface area contributed by atoms with Crippen molar-refractivity contribution in [2.75, 3.05) is 6.61 Å². The maximum absolute atomic E-state index is 12.8. The van der Waals surface area contributed by atoms with Crippen molar-refractivity contribution in [1.82, 2.24) is 10.6 Å². The quantitative estimate of drug-likeness (QED) is 0.900. The normalized spacial score (nSPS) is 28.2. The van der Waals surface area contributed by atoms with Crippen LogP contribution in [-0.4, -0.2) is 36.6 Å². The van der Waals surface area contributed by atoms with Gasteiger partial charge in [0.15, 0.2) is 0 Å². The molecule has 1 aliphatic carbocycles. The Morgan fingerprint density at radius 1 is 1.21 bits per heavy atom. The topological polar surface area (TPSA) is 80.6 Å². The van der Waals surface area contributed by atoms with E-state index in [4.69, 9.17) is 9.15 Å². The highest BCUT2D eigenvalue weighted by Crippen LogP contribution is 2.39. The Hall–Kier alpha value is -2.34. The molecule has 0 bridgehead atoms. The zero-order valence-electron chi connectivity index (χ0n) is 13.7. The second-order valence-electron chi connectivity index (χ2n) is 6.59. The van der Waals surface area contributed by atoms with Crippen molar-refractivity contribution in [1.29, 1.82) is 0 Å². The smallest absolute Gasteiger partial charge is 0.255 e. The number of hydrogen-bond donors (Lipinski definition) is 2. The third-order valence-corrected chi connectivity index (χ3v) is 4.97. The molecule has 126 valence electrons. The number of fused-ring (bicyclic) bond motifs is 2. The van der Waals surface area contributed by atoms with E-state index >= 15 is 0 Å². The van der Waals surface area contributed by atoms with Gasteiger partial charge in [-0.2, -0.15) is 0 Å². The first-order valence-corrected chi connectivity index (χ1v) is 8.23. The number of rotatable bonds is 3. The van der Waals surface area contributed by atoms with Crippen LogP contribution >= 0.6 is 0 Å². The number of para-hydroxylation sites is 1. The molecular formula is C18H20N2O4. The molecule has 1 saturated carbocycles. The van der Waals surface area contributed by atoms with Crippen molar-refractivity contribution in [2.45, 2.75) is 38.5 Å². The van der Waals surface area contributed by atoms with Gasteiger partial charge in [0.1, 0.15) is 11.3 Å². The summed E-state index contributed by atoms with van der Waals surface area (Å²) in [6.45, 7) is 4.01. The van der Waals surface area contributed by atoms with E-state index in [0.29, 0.717) is 17.8 Å². The van der Waals surface area contributed by atoms with E-state index in [9.17, 15) is 9.59 Å². The van der Waals surface area contributed by atoms with Crippen molar-refractivity contribution >= 4 is 22.8 Å². The standard InChI is InChI=1S/C18H20N2O4/c1-9-8-11-4-3-5-13(16(11)24-9)18(22)20-14-12-6-7-23-17(12)15(14)19-10(2)21/h3-5,8,12,14-15,17H,6-7H2,1-2H3,(H,19,21)(H,20,22)/t12-,14+,15-,17-/m1/s1. The van der Waals surface area contributed by atoms with Crippen LogP contribution in [0.15, 0.2) is 28.7 Å². The number of aryl methyl sites for hydroxylation is 1. The van der Waals surface area contributed by atoms with Crippen molar-refractivity contribution < 1.29 is 18.7 Å². The summed E-state index contributed by atoms with van der Waals surface area (Å²) in [7, 11) is 0. The minimum atomic E-state index is -0.180. The van der Waals surface area contributed by atoms with Gasteiger partial charge < -0.3 is 19.8 Å². The summed E-state index contributed by atoms with van der Waals surface area (Å²) < 4.78 is 11.3. The second kappa shape index (κ2) is 5.63. The molecule has 2 aromatic rings. The number of ether oxygens (including phenoxy) is 1. The number of benzene rings is 1. The minimum absolute atomic E-state index is 0.000787. The van der Waals surface area contributed by atoms with Crippen molar-refractivity contribution in [3.63, 3.8) is 0 Å².